The minimum atomic E-state index is -0.168. The van der Waals surface area contributed by atoms with Gasteiger partial charge in [-0.3, -0.25) is 10.3 Å². The molecule has 3 heterocycles. The lowest BCUT2D eigenvalue weighted by atomic mass is 9.90. The highest BCUT2D eigenvalue weighted by Gasteiger charge is 2.34. The first kappa shape index (κ1) is 17.9. The van der Waals surface area contributed by atoms with Crippen molar-refractivity contribution in [3.8, 4) is 11.5 Å². The van der Waals surface area contributed by atoms with Gasteiger partial charge in [-0.1, -0.05) is 24.6 Å². The number of nitrogens with zero attached hydrogens (tertiary/aromatic N) is 1. The van der Waals surface area contributed by atoms with Crippen LogP contribution in [-0.4, -0.2) is 31.3 Å². The maximum atomic E-state index is 13.4. The summed E-state index contributed by atoms with van der Waals surface area (Å²) in [5.41, 5.74) is 9.22. The molecule has 2 aromatic carbocycles. The van der Waals surface area contributed by atoms with E-state index < -0.39 is 0 Å². The molecule has 0 spiro atoms. The van der Waals surface area contributed by atoms with Gasteiger partial charge in [0.05, 0.1) is 6.04 Å². The van der Waals surface area contributed by atoms with Crippen molar-refractivity contribution in [1.82, 2.24) is 15.8 Å². The van der Waals surface area contributed by atoms with E-state index in [-0.39, 0.29) is 11.9 Å². The molecule has 2 fully saturated rings. The van der Waals surface area contributed by atoms with Crippen molar-refractivity contribution in [3.63, 3.8) is 0 Å². The lowest BCUT2D eigenvalue weighted by molar-refractivity contribution is 0.123. The molecular weight excluding hydrogens is 357 g/mol. The van der Waals surface area contributed by atoms with Gasteiger partial charge in [-0.25, -0.2) is 9.82 Å². The molecule has 3 atom stereocenters. The van der Waals surface area contributed by atoms with Crippen LogP contribution in [0.5, 0.6) is 11.5 Å². The molecule has 5 rings (SSSR count). The van der Waals surface area contributed by atoms with Crippen LogP contribution in [0.3, 0.4) is 0 Å². The van der Waals surface area contributed by atoms with Crippen LogP contribution in [-0.2, 0) is 0 Å². The van der Waals surface area contributed by atoms with Crippen molar-refractivity contribution in [2.45, 2.75) is 31.3 Å². The van der Waals surface area contributed by atoms with Gasteiger partial charge in [0.2, 0.25) is 6.79 Å². The molecule has 28 heavy (non-hydrogen) atoms. The van der Waals surface area contributed by atoms with E-state index in [0.29, 0.717) is 18.8 Å². The van der Waals surface area contributed by atoms with Crippen LogP contribution in [0.2, 0.25) is 0 Å². The van der Waals surface area contributed by atoms with Gasteiger partial charge in [-0.15, -0.1) is 0 Å². The van der Waals surface area contributed by atoms with Gasteiger partial charge < -0.3 is 9.47 Å². The van der Waals surface area contributed by atoms with Gasteiger partial charge in [0.1, 0.15) is 5.82 Å². The monoisotopic (exact) mass is 383 g/mol. The molecule has 2 N–H and O–H groups in total. The molecule has 3 aliphatic rings. The zero-order chi connectivity index (χ0) is 18.9. The Balaban J connectivity index is 1.34. The second-order valence-electron chi connectivity index (χ2n) is 7.93. The Hall–Kier alpha value is -2.15. The Morgan fingerprint density at radius 2 is 1.82 bits per heavy atom. The first-order valence-corrected chi connectivity index (χ1v) is 10.2. The van der Waals surface area contributed by atoms with E-state index in [0.717, 1.165) is 37.6 Å². The normalized spacial score (nSPS) is 27.2. The van der Waals surface area contributed by atoms with E-state index in [2.05, 4.69) is 27.9 Å². The van der Waals surface area contributed by atoms with E-state index in [1.807, 2.05) is 18.2 Å². The maximum Gasteiger partial charge on any atom is 0.231 e. The van der Waals surface area contributed by atoms with Crippen molar-refractivity contribution in [2.75, 3.05) is 26.4 Å². The average Bonchev–Trinajstić information content (AvgIpc) is 3.38. The molecule has 0 aliphatic carbocycles. The van der Waals surface area contributed by atoms with Crippen molar-refractivity contribution in [1.29, 1.82) is 0 Å². The lowest BCUT2D eigenvalue weighted by Gasteiger charge is -2.38. The Kier molecular flexibility index (Phi) is 4.93. The smallest absolute Gasteiger partial charge is 0.231 e. The molecule has 0 aromatic heterocycles. The number of piperidine rings is 1. The van der Waals surface area contributed by atoms with E-state index in [4.69, 9.17) is 9.47 Å². The minimum absolute atomic E-state index is 0.168. The summed E-state index contributed by atoms with van der Waals surface area (Å²) in [6.45, 7) is 3.31. The van der Waals surface area contributed by atoms with Crippen LogP contribution in [0.25, 0.3) is 0 Å². The Morgan fingerprint density at radius 3 is 2.71 bits per heavy atom. The fraction of sp³-hybridized carbons (Fsp3) is 0.455. The molecule has 148 valence electrons. The number of ether oxygens (including phenoxy) is 2. The van der Waals surface area contributed by atoms with Gasteiger partial charge in [0.15, 0.2) is 11.5 Å². The van der Waals surface area contributed by atoms with Crippen molar-refractivity contribution in [3.05, 3.63) is 59.4 Å². The summed E-state index contributed by atoms with van der Waals surface area (Å²) in [5.74, 6) is 1.92. The van der Waals surface area contributed by atoms with Gasteiger partial charge in [0.25, 0.3) is 0 Å². The van der Waals surface area contributed by atoms with E-state index in [9.17, 15) is 4.39 Å². The molecule has 5 nitrogen and oxygen atoms in total. The fourth-order valence-electron chi connectivity index (χ4n) is 4.74. The molecule has 2 aromatic rings. The highest BCUT2D eigenvalue weighted by Crippen LogP contribution is 2.38. The van der Waals surface area contributed by atoms with Gasteiger partial charge in [-0.05, 0) is 54.8 Å². The molecule has 0 bridgehead atoms. The van der Waals surface area contributed by atoms with Crippen LogP contribution in [0, 0.1) is 11.7 Å². The predicted molar refractivity (Wildman–Crippen MR) is 104 cm³/mol. The van der Waals surface area contributed by atoms with Gasteiger partial charge >= 0.3 is 0 Å². The zero-order valence-electron chi connectivity index (χ0n) is 15.9. The zero-order valence-corrected chi connectivity index (χ0v) is 15.9. The maximum absolute atomic E-state index is 13.4. The largest absolute Gasteiger partial charge is 0.454 e. The lowest BCUT2D eigenvalue weighted by Crippen LogP contribution is -2.39. The second-order valence-corrected chi connectivity index (χ2v) is 7.93. The third-order valence-electron chi connectivity index (χ3n) is 6.19. The summed E-state index contributed by atoms with van der Waals surface area (Å²) in [7, 11) is 0. The second kappa shape index (κ2) is 7.70. The standard InChI is InChI=1S/C22H26FN3O2/c23-18-7-4-15(5-8-18)19-3-1-2-10-26(19)13-17-12-24-25-22(17)16-6-9-20-21(11-16)28-14-27-20/h4-9,11,17,19,22,24-25H,1-3,10,12-14H2. The number of hydrogen-bond donors (Lipinski definition) is 2. The molecule has 3 aliphatic heterocycles. The molecule has 0 radical (unpaired) electrons. The molecule has 0 amide bonds. The summed E-state index contributed by atoms with van der Waals surface area (Å²) >= 11 is 0. The van der Waals surface area contributed by atoms with Gasteiger partial charge in [-0.2, -0.15) is 0 Å². The van der Waals surface area contributed by atoms with Crippen LogP contribution in [0.4, 0.5) is 4.39 Å². The highest BCUT2D eigenvalue weighted by molar-refractivity contribution is 5.45. The third-order valence-corrected chi connectivity index (χ3v) is 6.19. The molecule has 0 saturated carbocycles. The number of hydrogen-bond acceptors (Lipinski definition) is 5. The van der Waals surface area contributed by atoms with E-state index in [1.54, 1.807) is 12.1 Å². The summed E-state index contributed by atoms with van der Waals surface area (Å²) in [5, 5.41) is 0. The highest BCUT2D eigenvalue weighted by atomic mass is 19.1. The van der Waals surface area contributed by atoms with E-state index in [1.165, 1.54) is 24.0 Å². The molecule has 2 saturated heterocycles. The van der Waals surface area contributed by atoms with Crippen LogP contribution >= 0.6 is 0 Å². The minimum Gasteiger partial charge on any atom is -0.454 e. The van der Waals surface area contributed by atoms with Crippen molar-refractivity contribution < 1.29 is 13.9 Å². The molecular formula is C22H26FN3O2. The number of fused-ring (bicyclic) bond motifs is 1. The Labute approximate surface area is 164 Å². The van der Waals surface area contributed by atoms with Crippen molar-refractivity contribution in [2.24, 2.45) is 5.92 Å². The predicted octanol–water partition coefficient (Wildman–Crippen LogP) is 3.55. The number of hydrazine groups is 1. The third kappa shape index (κ3) is 3.48. The van der Waals surface area contributed by atoms with E-state index >= 15 is 0 Å². The first-order valence-electron chi connectivity index (χ1n) is 10.2. The van der Waals surface area contributed by atoms with Gasteiger partial charge in [0, 0.05) is 25.0 Å². The molecule has 3 unspecified atom stereocenters. The summed E-state index contributed by atoms with van der Waals surface area (Å²) < 4.78 is 24.4. The van der Waals surface area contributed by atoms with Crippen molar-refractivity contribution >= 4 is 0 Å². The summed E-state index contributed by atoms with van der Waals surface area (Å²) in [6.07, 6.45) is 3.58. The number of benzene rings is 2. The number of nitrogens with one attached hydrogen (secondary N) is 2. The van der Waals surface area contributed by atoms with Crippen LogP contribution in [0.1, 0.15) is 42.5 Å². The number of rotatable bonds is 4. The average molecular weight is 383 g/mol. The Morgan fingerprint density at radius 1 is 1.00 bits per heavy atom. The Bertz CT molecular complexity index is 829. The number of likely N-dealkylation sites (tertiary alicyclic amines) is 1. The van der Waals surface area contributed by atoms with Crippen LogP contribution in [0.15, 0.2) is 42.5 Å². The van der Waals surface area contributed by atoms with Crippen LogP contribution < -0.4 is 20.3 Å². The molecule has 6 heteroatoms. The topological polar surface area (TPSA) is 45.8 Å². The summed E-state index contributed by atoms with van der Waals surface area (Å²) in [4.78, 5) is 2.58. The fourth-order valence-corrected chi connectivity index (χ4v) is 4.74. The first-order chi connectivity index (χ1) is 13.8. The SMILES string of the molecule is Fc1ccc(C2CCCCN2CC2CNNC2c2ccc3c(c2)OCO3)cc1. The quantitative estimate of drug-likeness (QED) is 0.846. The number of halogens is 1. The summed E-state index contributed by atoms with van der Waals surface area (Å²) in [6, 6.07) is 13.9.